The van der Waals surface area contributed by atoms with Crippen LogP contribution in [0.3, 0.4) is 0 Å². The first-order chi connectivity index (χ1) is 7.00. The number of hydrogen-bond donors (Lipinski definition) is 1. The smallest absolute Gasteiger partial charge is 0.242 e. The second-order valence-electron chi connectivity index (χ2n) is 4.12. The summed E-state index contributed by atoms with van der Waals surface area (Å²) in [6, 6.07) is 0.0883. The maximum absolute atomic E-state index is 11.7. The Kier molecular flexibility index (Phi) is 6.36. The zero-order valence-corrected chi connectivity index (χ0v) is 10.6. The van der Waals surface area contributed by atoms with Crippen molar-refractivity contribution in [1.82, 2.24) is 9.80 Å². The van der Waals surface area contributed by atoms with E-state index in [4.69, 9.17) is 5.73 Å². The molecule has 1 aliphatic rings. The SMILES string of the molecule is CC(=O)N(C)CC(=O)N1CCCC(N)C1.Cl. The zero-order valence-electron chi connectivity index (χ0n) is 9.81. The summed E-state index contributed by atoms with van der Waals surface area (Å²) < 4.78 is 0. The number of likely N-dealkylation sites (N-methyl/N-ethyl adjacent to an activating group) is 1. The van der Waals surface area contributed by atoms with Crippen molar-refractivity contribution in [2.24, 2.45) is 5.73 Å². The van der Waals surface area contributed by atoms with Gasteiger partial charge in [0.25, 0.3) is 0 Å². The molecule has 0 aromatic carbocycles. The molecule has 0 aromatic rings. The van der Waals surface area contributed by atoms with Gasteiger partial charge in [-0.15, -0.1) is 12.4 Å². The van der Waals surface area contributed by atoms with E-state index in [1.165, 1.54) is 11.8 Å². The van der Waals surface area contributed by atoms with Crippen molar-refractivity contribution < 1.29 is 9.59 Å². The Hall–Kier alpha value is -0.810. The van der Waals surface area contributed by atoms with Crippen LogP contribution in [-0.2, 0) is 9.59 Å². The van der Waals surface area contributed by atoms with Gasteiger partial charge < -0.3 is 15.5 Å². The summed E-state index contributed by atoms with van der Waals surface area (Å²) in [6.45, 7) is 2.99. The Balaban J connectivity index is 0.00000225. The van der Waals surface area contributed by atoms with Crippen LogP contribution in [0, 0.1) is 0 Å². The number of amides is 2. The second kappa shape index (κ2) is 6.70. The maximum atomic E-state index is 11.7. The highest BCUT2D eigenvalue weighted by Gasteiger charge is 2.22. The molecule has 1 aliphatic heterocycles. The number of nitrogens with two attached hydrogens (primary N) is 1. The van der Waals surface area contributed by atoms with E-state index < -0.39 is 0 Å². The molecular weight excluding hydrogens is 230 g/mol. The van der Waals surface area contributed by atoms with Gasteiger partial charge in [-0.2, -0.15) is 0 Å². The lowest BCUT2D eigenvalue weighted by atomic mass is 10.1. The molecule has 94 valence electrons. The van der Waals surface area contributed by atoms with Crippen LogP contribution in [0.25, 0.3) is 0 Å². The van der Waals surface area contributed by atoms with Gasteiger partial charge in [-0.05, 0) is 12.8 Å². The molecule has 1 fully saturated rings. The fraction of sp³-hybridized carbons (Fsp3) is 0.800. The van der Waals surface area contributed by atoms with Crippen molar-refractivity contribution in [3.8, 4) is 0 Å². The molecule has 0 bridgehead atoms. The van der Waals surface area contributed by atoms with Gasteiger partial charge in [-0.3, -0.25) is 9.59 Å². The van der Waals surface area contributed by atoms with Crippen LogP contribution in [0.5, 0.6) is 0 Å². The third-order valence-corrected chi connectivity index (χ3v) is 2.72. The zero-order chi connectivity index (χ0) is 11.4. The number of piperidine rings is 1. The first-order valence-electron chi connectivity index (χ1n) is 5.25. The lowest BCUT2D eigenvalue weighted by Crippen LogP contribution is -2.49. The highest BCUT2D eigenvalue weighted by molar-refractivity contribution is 5.85. The van der Waals surface area contributed by atoms with Crippen molar-refractivity contribution in [3.05, 3.63) is 0 Å². The average Bonchev–Trinajstić information content (AvgIpc) is 2.17. The minimum Gasteiger partial charge on any atom is -0.340 e. The first-order valence-corrected chi connectivity index (χ1v) is 5.25. The fourth-order valence-electron chi connectivity index (χ4n) is 1.65. The van der Waals surface area contributed by atoms with Crippen molar-refractivity contribution in [3.63, 3.8) is 0 Å². The van der Waals surface area contributed by atoms with Crippen LogP contribution in [0.1, 0.15) is 19.8 Å². The monoisotopic (exact) mass is 249 g/mol. The average molecular weight is 250 g/mol. The van der Waals surface area contributed by atoms with E-state index in [1.807, 2.05) is 0 Å². The lowest BCUT2D eigenvalue weighted by molar-refractivity contribution is -0.139. The number of carbonyl (C=O) groups excluding carboxylic acids is 2. The number of hydrogen-bond acceptors (Lipinski definition) is 3. The van der Waals surface area contributed by atoms with Crippen molar-refractivity contribution in [2.75, 3.05) is 26.7 Å². The molecule has 1 heterocycles. The van der Waals surface area contributed by atoms with Crippen molar-refractivity contribution >= 4 is 24.2 Å². The minimum absolute atomic E-state index is 0. The number of rotatable bonds is 2. The molecule has 6 heteroatoms. The third kappa shape index (κ3) is 4.37. The number of carbonyl (C=O) groups is 2. The summed E-state index contributed by atoms with van der Waals surface area (Å²) in [4.78, 5) is 25.9. The topological polar surface area (TPSA) is 66.6 Å². The Morgan fingerprint density at radius 2 is 2.12 bits per heavy atom. The summed E-state index contributed by atoms with van der Waals surface area (Å²) in [5.41, 5.74) is 5.78. The fourth-order valence-corrected chi connectivity index (χ4v) is 1.65. The molecule has 0 saturated carbocycles. The molecule has 0 radical (unpaired) electrons. The predicted octanol–water partition coefficient (Wildman–Crippen LogP) is -0.164. The number of nitrogens with zero attached hydrogens (tertiary/aromatic N) is 2. The molecule has 1 rings (SSSR count). The molecule has 0 spiro atoms. The quantitative estimate of drug-likeness (QED) is 0.739. The van der Waals surface area contributed by atoms with Crippen LogP contribution in [0.2, 0.25) is 0 Å². The highest BCUT2D eigenvalue weighted by atomic mass is 35.5. The van der Waals surface area contributed by atoms with E-state index in [2.05, 4.69) is 0 Å². The molecule has 16 heavy (non-hydrogen) atoms. The largest absolute Gasteiger partial charge is 0.340 e. The molecular formula is C10H20ClN3O2. The van der Waals surface area contributed by atoms with Crippen LogP contribution < -0.4 is 5.73 Å². The van der Waals surface area contributed by atoms with Crippen LogP contribution in [-0.4, -0.2) is 54.3 Å². The Morgan fingerprint density at radius 3 is 2.62 bits per heavy atom. The molecule has 1 unspecified atom stereocenters. The minimum atomic E-state index is -0.0929. The molecule has 1 atom stereocenters. The van der Waals surface area contributed by atoms with Crippen LogP contribution >= 0.6 is 12.4 Å². The van der Waals surface area contributed by atoms with E-state index in [1.54, 1.807) is 11.9 Å². The summed E-state index contributed by atoms with van der Waals surface area (Å²) in [5, 5.41) is 0. The van der Waals surface area contributed by atoms with Crippen molar-refractivity contribution in [1.29, 1.82) is 0 Å². The standard InChI is InChI=1S/C10H19N3O2.ClH/c1-8(14)12(2)7-10(15)13-5-3-4-9(11)6-13;/h9H,3-7,11H2,1-2H3;1H. The van der Waals surface area contributed by atoms with Gasteiger partial charge in [0.05, 0.1) is 6.54 Å². The summed E-state index contributed by atoms with van der Waals surface area (Å²) in [5.74, 6) is -0.104. The molecule has 1 saturated heterocycles. The Labute approximate surface area is 102 Å². The number of likely N-dealkylation sites (tertiary alicyclic amines) is 1. The molecule has 2 N–H and O–H groups in total. The van der Waals surface area contributed by atoms with E-state index in [-0.39, 0.29) is 36.8 Å². The van der Waals surface area contributed by atoms with Gasteiger partial charge in [0.2, 0.25) is 11.8 Å². The second-order valence-corrected chi connectivity index (χ2v) is 4.12. The molecule has 5 nitrogen and oxygen atoms in total. The van der Waals surface area contributed by atoms with Gasteiger partial charge in [-0.1, -0.05) is 0 Å². The first kappa shape index (κ1) is 15.2. The van der Waals surface area contributed by atoms with Gasteiger partial charge in [0, 0.05) is 33.1 Å². The highest BCUT2D eigenvalue weighted by Crippen LogP contribution is 2.08. The Morgan fingerprint density at radius 1 is 1.50 bits per heavy atom. The normalized spacial score (nSPS) is 19.9. The van der Waals surface area contributed by atoms with Gasteiger partial charge >= 0.3 is 0 Å². The van der Waals surface area contributed by atoms with E-state index >= 15 is 0 Å². The third-order valence-electron chi connectivity index (χ3n) is 2.72. The molecule has 0 aromatic heterocycles. The Bertz CT molecular complexity index is 260. The van der Waals surface area contributed by atoms with E-state index in [9.17, 15) is 9.59 Å². The van der Waals surface area contributed by atoms with E-state index in [0.717, 1.165) is 19.4 Å². The van der Waals surface area contributed by atoms with Gasteiger partial charge in [0.1, 0.15) is 0 Å². The predicted molar refractivity (Wildman–Crippen MR) is 64.3 cm³/mol. The maximum Gasteiger partial charge on any atom is 0.242 e. The van der Waals surface area contributed by atoms with Gasteiger partial charge in [0.15, 0.2) is 0 Å². The summed E-state index contributed by atoms with van der Waals surface area (Å²) in [7, 11) is 1.63. The van der Waals surface area contributed by atoms with Crippen molar-refractivity contribution in [2.45, 2.75) is 25.8 Å². The summed E-state index contributed by atoms with van der Waals surface area (Å²) >= 11 is 0. The summed E-state index contributed by atoms with van der Waals surface area (Å²) in [6.07, 6.45) is 1.93. The lowest BCUT2D eigenvalue weighted by Gasteiger charge is -2.31. The number of halogens is 1. The molecule has 0 aliphatic carbocycles. The van der Waals surface area contributed by atoms with Gasteiger partial charge in [-0.25, -0.2) is 0 Å². The van der Waals surface area contributed by atoms with Crippen LogP contribution in [0.4, 0.5) is 0 Å². The molecule has 2 amide bonds. The van der Waals surface area contributed by atoms with Crippen LogP contribution in [0.15, 0.2) is 0 Å². The van der Waals surface area contributed by atoms with E-state index in [0.29, 0.717) is 6.54 Å².